The van der Waals surface area contributed by atoms with E-state index in [0.29, 0.717) is 11.8 Å². The standard InChI is InChI=1S/C15H28O2.C14H26O2.2C12H24O2.C11H22O2.C10H20O2/c1-6-14(2,3)13(16)17-15(4,5)12-10-8-7-9-11-12;1-6-13(2,3)12(15)16-14(4,5)11-9-7-8-10-11;1-7-9-12(5,6)14-10(13)11(3,4)8-2;1-7-11(4,5)10(13)14-12(6,8-2)9-3;1-7-10(3,4)9(12)13-11(5,6)8-2;1-7-10(5,6)8(11)12-9(2,3)4/h12H,6-11H2,1-5H3;11H,6-10H2,1-5H3;2*7-9H2,1-6H3;7-8H2,1-6H3;7H2,1-6H3. The molecule has 0 spiro atoms. The van der Waals surface area contributed by atoms with E-state index in [1.807, 2.05) is 187 Å². The Morgan fingerprint density at radius 1 is 0.279 bits per heavy atom. The third kappa shape index (κ3) is 35.3. The van der Waals surface area contributed by atoms with Crippen molar-refractivity contribution in [2.45, 2.75) is 397 Å². The summed E-state index contributed by atoms with van der Waals surface area (Å²) in [5.41, 5.74) is -4.03. The summed E-state index contributed by atoms with van der Waals surface area (Å²) < 4.78 is 33.2. The summed E-state index contributed by atoms with van der Waals surface area (Å²) >= 11 is 0. The number of ether oxygens (including phenoxy) is 6. The summed E-state index contributed by atoms with van der Waals surface area (Å²) in [5, 5.41) is 0. The number of hydrogen-bond acceptors (Lipinski definition) is 12. The van der Waals surface area contributed by atoms with Gasteiger partial charge in [0.1, 0.15) is 33.6 Å². The molecule has 0 saturated heterocycles. The lowest BCUT2D eigenvalue weighted by Crippen LogP contribution is -2.41. The van der Waals surface area contributed by atoms with Crippen LogP contribution < -0.4 is 0 Å². The number of rotatable bonds is 24. The predicted molar refractivity (Wildman–Crippen MR) is 360 cm³/mol. The van der Waals surface area contributed by atoms with Crippen molar-refractivity contribution in [3.63, 3.8) is 0 Å². The fourth-order valence-electron chi connectivity index (χ4n) is 7.88. The monoisotopic (exact) mass is 1230 g/mol. The topological polar surface area (TPSA) is 158 Å². The molecule has 0 atom stereocenters. The lowest BCUT2D eigenvalue weighted by molar-refractivity contribution is -0.174. The molecule has 0 amide bonds. The fraction of sp³-hybridized carbons (Fsp3) is 0.919. The average Bonchev–Trinajstić information content (AvgIpc) is 4.07. The molecule has 2 aliphatic rings. The first-order valence-electron chi connectivity index (χ1n) is 34.0. The van der Waals surface area contributed by atoms with Crippen molar-refractivity contribution < 1.29 is 57.2 Å². The molecule has 12 nitrogen and oxygen atoms in total. The molecule has 512 valence electrons. The van der Waals surface area contributed by atoms with Gasteiger partial charge in [-0.3, -0.25) is 28.8 Å². The first kappa shape index (κ1) is 89.2. The molecule has 0 N–H and O–H groups in total. The Labute approximate surface area is 532 Å². The van der Waals surface area contributed by atoms with E-state index in [0.717, 1.165) is 70.6 Å². The predicted octanol–water partition coefficient (Wildman–Crippen LogP) is 21.3. The quantitative estimate of drug-likeness (QED) is 0.0666. The van der Waals surface area contributed by atoms with Gasteiger partial charge < -0.3 is 28.4 Å². The van der Waals surface area contributed by atoms with Gasteiger partial charge in [0.2, 0.25) is 0 Å². The second kappa shape index (κ2) is 37.9. The van der Waals surface area contributed by atoms with Crippen LogP contribution in [0.3, 0.4) is 0 Å². The highest BCUT2D eigenvalue weighted by Crippen LogP contribution is 2.39. The minimum Gasteiger partial charge on any atom is -0.460 e. The zero-order chi connectivity index (χ0) is 69.0. The highest BCUT2D eigenvalue weighted by molar-refractivity contribution is 5.78. The second-order valence-corrected chi connectivity index (χ2v) is 32.2. The SMILES string of the molecule is CCC(C)(C)C(=O)OC(C)(C)C.CCC(C)(C)C(=O)OC(C)(C)C1CCCC1.CCC(C)(C)C(=O)OC(C)(C)C1CCCCC1.CCC(C)(C)OC(=O)C(C)(C)CC.CCC(C)(CC)OC(=O)C(C)(C)CC.CCCC(C)(C)OC(=O)C(C)(C)CC. The van der Waals surface area contributed by atoms with E-state index < -0.39 is 0 Å². The van der Waals surface area contributed by atoms with Gasteiger partial charge in [-0.05, 0) is 268 Å². The maximum absolute atomic E-state index is 12.1. The van der Waals surface area contributed by atoms with Gasteiger partial charge in [-0.2, -0.15) is 0 Å². The van der Waals surface area contributed by atoms with Gasteiger partial charge in [-0.1, -0.05) is 108 Å². The minimum absolute atomic E-state index is 0.0458. The van der Waals surface area contributed by atoms with E-state index in [1.165, 1.54) is 57.8 Å². The van der Waals surface area contributed by atoms with Crippen LogP contribution in [0.5, 0.6) is 0 Å². The molecule has 2 rings (SSSR count). The summed E-state index contributed by atoms with van der Waals surface area (Å²) in [7, 11) is 0. The van der Waals surface area contributed by atoms with E-state index >= 15 is 0 Å². The molecule has 0 heterocycles. The van der Waals surface area contributed by atoms with Crippen molar-refractivity contribution >= 4 is 35.8 Å². The van der Waals surface area contributed by atoms with Crippen molar-refractivity contribution in [2.75, 3.05) is 0 Å². The first-order chi connectivity index (χ1) is 38.6. The molecule has 0 aromatic rings. The molecule has 0 bridgehead atoms. The van der Waals surface area contributed by atoms with Gasteiger partial charge in [-0.25, -0.2) is 0 Å². The number of hydrogen-bond donors (Lipinski definition) is 0. The molecule has 0 aliphatic heterocycles. The number of carbonyl (C=O) groups excluding carboxylic acids is 6. The van der Waals surface area contributed by atoms with Crippen LogP contribution >= 0.6 is 0 Å². The Hall–Kier alpha value is -3.18. The molecule has 86 heavy (non-hydrogen) atoms. The highest BCUT2D eigenvalue weighted by Gasteiger charge is 2.41. The van der Waals surface area contributed by atoms with Crippen LogP contribution in [-0.2, 0) is 57.2 Å². The van der Waals surface area contributed by atoms with Crippen LogP contribution in [0.4, 0.5) is 0 Å². The Bertz CT molecular complexity index is 1950. The molecule has 0 radical (unpaired) electrons. The molecule has 2 aliphatic carbocycles. The smallest absolute Gasteiger partial charge is 0.312 e. The summed E-state index contributed by atoms with van der Waals surface area (Å²) in [6.07, 6.45) is 20.7. The van der Waals surface area contributed by atoms with E-state index in [4.69, 9.17) is 28.4 Å². The summed E-state index contributed by atoms with van der Waals surface area (Å²) in [5.74, 6) is 0.614. The zero-order valence-corrected chi connectivity index (χ0v) is 63.2. The third-order valence-corrected chi connectivity index (χ3v) is 18.9. The molecule has 0 aromatic carbocycles. The third-order valence-electron chi connectivity index (χ3n) is 18.9. The van der Waals surface area contributed by atoms with Crippen LogP contribution in [0.25, 0.3) is 0 Å². The van der Waals surface area contributed by atoms with Crippen LogP contribution in [0, 0.1) is 44.3 Å². The summed E-state index contributed by atoms with van der Waals surface area (Å²) in [6, 6.07) is 0. The molecule has 0 aromatic heterocycles. The van der Waals surface area contributed by atoms with Crippen molar-refractivity contribution in [1.82, 2.24) is 0 Å². The molecule has 2 saturated carbocycles. The molecule has 0 unspecified atom stereocenters. The fourth-order valence-corrected chi connectivity index (χ4v) is 7.88. The first-order valence-corrected chi connectivity index (χ1v) is 34.0. The van der Waals surface area contributed by atoms with E-state index in [2.05, 4.69) is 48.5 Å². The second-order valence-electron chi connectivity index (χ2n) is 32.2. The molecular weight excluding hydrogens is 1080 g/mol. The van der Waals surface area contributed by atoms with E-state index in [9.17, 15) is 28.8 Å². The van der Waals surface area contributed by atoms with Crippen LogP contribution in [-0.4, -0.2) is 69.4 Å². The number of carbonyl (C=O) groups is 6. The maximum Gasteiger partial charge on any atom is 0.312 e. The van der Waals surface area contributed by atoms with E-state index in [-0.39, 0.29) is 102 Å². The van der Waals surface area contributed by atoms with Gasteiger partial charge in [0.15, 0.2) is 0 Å². The largest absolute Gasteiger partial charge is 0.460 e. The Morgan fingerprint density at radius 3 is 0.744 bits per heavy atom. The Morgan fingerprint density at radius 2 is 0.512 bits per heavy atom. The Kier molecular flexibility index (Phi) is 39.3. The molecule has 2 fully saturated rings. The lowest BCUT2D eigenvalue weighted by atomic mass is 9.78. The van der Waals surface area contributed by atoms with Crippen molar-refractivity contribution in [3.05, 3.63) is 0 Å². The maximum atomic E-state index is 12.1. The van der Waals surface area contributed by atoms with Crippen molar-refractivity contribution in [1.29, 1.82) is 0 Å². The molecular formula is C74H144O12. The van der Waals surface area contributed by atoms with Gasteiger partial charge in [0, 0.05) is 0 Å². The summed E-state index contributed by atoms with van der Waals surface area (Å²) in [4.78, 5) is 70.9. The normalized spacial score (nSPS) is 15.1. The van der Waals surface area contributed by atoms with Gasteiger partial charge >= 0.3 is 35.8 Å². The lowest BCUT2D eigenvalue weighted by Gasteiger charge is -2.38. The van der Waals surface area contributed by atoms with Crippen LogP contribution in [0.15, 0.2) is 0 Å². The summed E-state index contributed by atoms with van der Waals surface area (Å²) in [6.45, 7) is 67.3. The number of esters is 6. The molecule has 12 heteroatoms. The minimum atomic E-state index is -0.372. The van der Waals surface area contributed by atoms with Gasteiger partial charge in [0.05, 0.1) is 32.5 Å². The van der Waals surface area contributed by atoms with Crippen molar-refractivity contribution in [3.8, 4) is 0 Å². The van der Waals surface area contributed by atoms with Gasteiger partial charge in [-0.15, -0.1) is 0 Å². The van der Waals surface area contributed by atoms with Crippen LogP contribution in [0.1, 0.15) is 364 Å². The van der Waals surface area contributed by atoms with E-state index in [1.54, 1.807) is 0 Å². The highest BCUT2D eigenvalue weighted by atomic mass is 16.6. The Balaban J connectivity index is -0.000000471. The zero-order valence-electron chi connectivity index (χ0n) is 63.2. The average molecular weight is 1230 g/mol. The van der Waals surface area contributed by atoms with Crippen LogP contribution in [0.2, 0.25) is 0 Å². The van der Waals surface area contributed by atoms with Crippen molar-refractivity contribution in [2.24, 2.45) is 44.3 Å². The van der Waals surface area contributed by atoms with Gasteiger partial charge in [0.25, 0.3) is 0 Å².